The second-order valence-corrected chi connectivity index (χ2v) is 4.32. The summed E-state index contributed by atoms with van der Waals surface area (Å²) < 4.78 is 72.5. The first-order valence-electron chi connectivity index (χ1n) is 5.66. The monoisotopic (exact) mass is 287 g/mol. The van der Waals surface area contributed by atoms with Crippen LogP contribution in [0.1, 0.15) is 6.42 Å². The fourth-order valence-corrected chi connectivity index (χ4v) is 1.93. The van der Waals surface area contributed by atoms with Gasteiger partial charge in [0.2, 0.25) is 7.28 Å². The van der Waals surface area contributed by atoms with Crippen molar-refractivity contribution in [2.24, 2.45) is 0 Å². The average Bonchev–Trinajstić information content (AvgIpc) is 2.34. The molecular weight excluding hydrogens is 278 g/mol. The molecule has 1 unspecified atom stereocenters. The lowest BCUT2D eigenvalue weighted by Gasteiger charge is -2.23. The van der Waals surface area contributed by atoms with Crippen molar-refractivity contribution in [1.82, 2.24) is 0 Å². The number of halogens is 5. The Bertz CT molecular complexity index is 599. The first-order chi connectivity index (χ1) is 9.36. The summed E-state index contributed by atoms with van der Waals surface area (Å²) in [6.07, 6.45) is 2.43. The Morgan fingerprint density at radius 3 is 2.50 bits per heavy atom. The highest BCUT2D eigenvalue weighted by molar-refractivity contribution is 6.57. The molecular formula is C13H9BF5O. The van der Waals surface area contributed by atoms with Crippen LogP contribution in [0.15, 0.2) is 30.1 Å². The Labute approximate surface area is 113 Å². The topological polar surface area (TPSA) is 9.23 Å². The molecule has 0 amide bonds. The Balaban J connectivity index is 2.40. The minimum absolute atomic E-state index is 0.385. The molecule has 0 fully saturated rings. The molecule has 1 nitrogen and oxygen atoms in total. The number of methoxy groups -OCH3 is 1. The number of alkyl halides is 1. The maximum absolute atomic E-state index is 14.3. The van der Waals surface area contributed by atoms with Gasteiger partial charge in [-0.25, -0.2) is 22.0 Å². The molecule has 0 aromatic heterocycles. The molecule has 20 heavy (non-hydrogen) atoms. The minimum atomic E-state index is -2.39. The molecule has 1 aliphatic carbocycles. The Hall–Kier alpha value is -1.79. The highest BCUT2D eigenvalue weighted by Crippen LogP contribution is 2.28. The first-order valence-corrected chi connectivity index (χ1v) is 5.66. The van der Waals surface area contributed by atoms with Crippen molar-refractivity contribution in [2.75, 3.05) is 7.11 Å². The molecule has 1 aromatic carbocycles. The van der Waals surface area contributed by atoms with Gasteiger partial charge in [-0.1, -0.05) is 12.2 Å². The summed E-state index contributed by atoms with van der Waals surface area (Å²) in [5.41, 5.74) is -3.19. The molecule has 0 N–H and O–H groups in total. The third-order valence-electron chi connectivity index (χ3n) is 2.84. The van der Waals surface area contributed by atoms with Crippen molar-refractivity contribution < 1.29 is 26.7 Å². The van der Waals surface area contributed by atoms with Gasteiger partial charge in [0.25, 0.3) is 0 Å². The van der Waals surface area contributed by atoms with Crippen molar-refractivity contribution in [1.29, 1.82) is 0 Å². The van der Waals surface area contributed by atoms with E-state index in [1.807, 2.05) is 0 Å². The average molecular weight is 287 g/mol. The van der Waals surface area contributed by atoms with E-state index in [1.54, 1.807) is 0 Å². The molecule has 0 saturated heterocycles. The molecule has 0 bridgehead atoms. The Morgan fingerprint density at radius 2 is 1.90 bits per heavy atom. The molecule has 2 rings (SSSR count). The van der Waals surface area contributed by atoms with E-state index in [-0.39, 0.29) is 0 Å². The van der Waals surface area contributed by atoms with E-state index in [0.717, 1.165) is 25.3 Å². The maximum Gasteiger partial charge on any atom is 0.215 e. The van der Waals surface area contributed by atoms with E-state index in [9.17, 15) is 22.0 Å². The summed E-state index contributed by atoms with van der Waals surface area (Å²) in [5.74, 6) is -5.48. The van der Waals surface area contributed by atoms with Gasteiger partial charge in [0.1, 0.15) is 17.2 Å². The number of ether oxygens (including phenoxy) is 1. The summed E-state index contributed by atoms with van der Waals surface area (Å²) in [6, 6.07) is 0.385. The van der Waals surface area contributed by atoms with Crippen LogP contribution in [0, 0.1) is 17.5 Å². The van der Waals surface area contributed by atoms with Crippen molar-refractivity contribution in [3.8, 4) is 5.75 Å². The van der Waals surface area contributed by atoms with E-state index in [4.69, 9.17) is 0 Å². The van der Waals surface area contributed by atoms with Gasteiger partial charge in [-0.05, 0) is 11.5 Å². The minimum Gasteiger partial charge on any atom is -0.491 e. The molecule has 1 aromatic rings. The van der Waals surface area contributed by atoms with Crippen LogP contribution >= 0.6 is 0 Å². The van der Waals surface area contributed by atoms with E-state index >= 15 is 0 Å². The van der Waals surface area contributed by atoms with Gasteiger partial charge in [-0.3, -0.25) is 0 Å². The summed E-state index contributed by atoms with van der Waals surface area (Å²) in [6.45, 7) is 0. The summed E-state index contributed by atoms with van der Waals surface area (Å²) in [7, 11) is 1.57. The number of hydrogen-bond acceptors (Lipinski definition) is 1. The standard InChI is InChI=1S/C13H9BF5O/c1-20-12-9(17)5-8(16)10(11(12)18)14-13(19)4-2-3-7(15)6-13/h2-5H,6H2,1H3. The summed E-state index contributed by atoms with van der Waals surface area (Å²) >= 11 is 0. The van der Waals surface area contributed by atoms with Gasteiger partial charge < -0.3 is 4.74 Å². The lowest BCUT2D eigenvalue weighted by molar-refractivity contribution is 0.315. The SMILES string of the molecule is COc1c(F)cc(F)c([B]C2(F)C=CC=C(F)C2)c1F. The van der Waals surface area contributed by atoms with Crippen LogP contribution in [0.2, 0.25) is 0 Å². The highest BCUT2D eigenvalue weighted by atomic mass is 19.2. The Morgan fingerprint density at radius 1 is 1.20 bits per heavy atom. The van der Waals surface area contributed by atoms with Gasteiger partial charge in [-0.15, -0.1) is 0 Å². The summed E-state index contributed by atoms with van der Waals surface area (Å²) in [4.78, 5) is 0. The lowest BCUT2D eigenvalue weighted by atomic mass is 9.54. The third-order valence-corrected chi connectivity index (χ3v) is 2.84. The second kappa shape index (κ2) is 5.30. The predicted octanol–water partition coefficient (Wildman–Crippen LogP) is 2.92. The van der Waals surface area contributed by atoms with Crippen molar-refractivity contribution >= 4 is 12.7 Å². The van der Waals surface area contributed by atoms with Gasteiger partial charge in [0, 0.05) is 12.5 Å². The smallest absolute Gasteiger partial charge is 0.215 e. The van der Waals surface area contributed by atoms with E-state index in [0.29, 0.717) is 13.3 Å². The molecule has 0 heterocycles. The lowest BCUT2D eigenvalue weighted by Crippen LogP contribution is -2.41. The van der Waals surface area contributed by atoms with Crippen LogP contribution in [0.25, 0.3) is 0 Å². The van der Waals surface area contributed by atoms with Gasteiger partial charge in [0.05, 0.1) is 7.11 Å². The molecule has 0 saturated carbocycles. The molecule has 7 heteroatoms. The van der Waals surface area contributed by atoms with Crippen molar-refractivity contribution in [2.45, 2.75) is 12.0 Å². The normalized spacial score (nSPS) is 21.6. The molecule has 1 aliphatic rings. The van der Waals surface area contributed by atoms with Gasteiger partial charge in [-0.2, -0.15) is 0 Å². The first kappa shape index (κ1) is 14.6. The zero-order chi connectivity index (χ0) is 14.9. The van der Waals surface area contributed by atoms with E-state index < -0.39 is 46.5 Å². The number of hydrogen-bond donors (Lipinski definition) is 0. The van der Waals surface area contributed by atoms with E-state index in [1.165, 1.54) is 0 Å². The van der Waals surface area contributed by atoms with Crippen molar-refractivity contribution in [3.63, 3.8) is 0 Å². The zero-order valence-corrected chi connectivity index (χ0v) is 10.4. The number of rotatable bonds is 3. The van der Waals surface area contributed by atoms with Crippen LogP contribution in [0.5, 0.6) is 5.75 Å². The highest BCUT2D eigenvalue weighted by Gasteiger charge is 2.35. The molecule has 1 radical (unpaired) electrons. The second-order valence-electron chi connectivity index (χ2n) is 4.32. The van der Waals surface area contributed by atoms with Crippen LogP contribution in [-0.4, -0.2) is 20.0 Å². The fourth-order valence-electron chi connectivity index (χ4n) is 1.93. The molecule has 0 spiro atoms. The zero-order valence-electron chi connectivity index (χ0n) is 10.4. The number of benzene rings is 1. The van der Waals surface area contributed by atoms with Gasteiger partial charge >= 0.3 is 0 Å². The van der Waals surface area contributed by atoms with Crippen LogP contribution in [0.4, 0.5) is 22.0 Å². The van der Waals surface area contributed by atoms with Crippen LogP contribution < -0.4 is 10.2 Å². The van der Waals surface area contributed by atoms with Crippen molar-refractivity contribution in [3.05, 3.63) is 47.6 Å². The predicted molar refractivity (Wildman–Crippen MR) is 65.0 cm³/mol. The quantitative estimate of drug-likeness (QED) is 0.613. The Kier molecular flexibility index (Phi) is 3.88. The van der Waals surface area contributed by atoms with E-state index in [2.05, 4.69) is 4.74 Å². The fraction of sp³-hybridized carbons (Fsp3) is 0.231. The maximum atomic E-state index is 14.3. The molecule has 1 atom stereocenters. The largest absolute Gasteiger partial charge is 0.491 e. The number of allylic oxidation sites excluding steroid dienone is 4. The van der Waals surface area contributed by atoms with Gasteiger partial charge in [0.15, 0.2) is 17.4 Å². The van der Waals surface area contributed by atoms with Crippen LogP contribution in [-0.2, 0) is 0 Å². The van der Waals surface area contributed by atoms with Crippen LogP contribution in [0.3, 0.4) is 0 Å². The summed E-state index contributed by atoms with van der Waals surface area (Å²) in [5, 5.41) is 0. The third kappa shape index (κ3) is 2.71. The molecule has 0 aliphatic heterocycles. The molecule has 105 valence electrons.